The first-order valence-corrected chi connectivity index (χ1v) is 13.2. The third-order valence-corrected chi connectivity index (χ3v) is 6.99. The molecule has 0 spiro atoms. The van der Waals surface area contributed by atoms with Crippen molar-refractivity contribution in [3.05, 3.63) is 82.0 Å². The molecule has 208 valence electrons. The second-order valence-electron chi connectivity index (χ2n) is 9.83. The lowest BCUT2D eigenvalue weighted by Gasteiger charge is -2.41. The van der Waals surface area contributed by atoms with Crippen LogP contribution in [0.5, 0.6) is 0 Å². The van der Waals surface area contributed by atoms with Crippen molar-refractivity contribution >= 4 is 23.6 Å². The van der Waals surface area contributed by atoms with Gasteiger partial charge >= 0.3 is 0 Å². The first kappa shape index (κ1) is 26.8. The van der Waals surface area contributed by atoms with Gasteiger partial charge in [0.05, 0.1) is 19.3 Å². The SMILES string of the molecule is O=C1CCCn2cc(nn2)CNC(=O)[C@H]2CN(C(=O)c3cccc(=O)[nH]3)CCN2C(=O)[C@H](Cc2ccccc2)N1. The van der Waals surface area contributed by atoms with Gasteiger partial charge in [0.15, 0.2) is 0 Å². The minimum atomic E-state index is -1.03. The molecule has 40 heavy (non-hydrogen) atoms. The fourth-order valence-electron chi connectivity index (χ4n) is 4.94. The molecule has 2 aliphatic heterocycles. The van der Waals surface area contributed by atoms with Crippen LogP contribution >= 0.6 is 0 Å². The van der Waals surface area contributed by atoms with Crippen LogP contribution in [0.1, 0.15) is 34.6 Å². The molecule has 4 heterocycles. The predicted molar refractivity (Wildman–Crippen MR) is 142 cm³/mol. The van der Waals surface area contributed by atoms with Gasteiger partial charge in [0.1, 0.15) is 23.5 Å². The summed E-state index contributed by atoms with van der Waals surface area (Å²) >= 11 is 0. The van der Waals surface area contributed by atoms with E-state index < -0.39 is 35.4 Å². The van der Waals surface area contributed by atoms with Gasteiger partial charge in [0, 0.05) is 38.5 Å². The number of benzene rings is 1. The highest BCUT2D eigenvalue weighted by Crippen LogP contribution is 2.17. The highest BCUT2D eigenvalue weighted by molar-refractivity contribution is 5.95. The van der Waals surface area contributed by atoms with Crippen LogP contribution in [-0.2, 0) is 33.9 Å². The van der Waals surface area contributed by atoms with E-state index in [-0.39, 0.29) is 50.6 Å². The van der Waals surface area contributed by atoms with Crippen molar-refractivity contribution in [3.8, 4) is 0 Å². The van der Waals surface area contributed by atoms with Crippen molar-refractivity contribution in [2.24, 2.45) is 0 Å². The Bertz CT molecular complexity index is 1450. The molecule has 0 unspecified atom stereocenters. The fraction of sp³-hybridized carbons (Fsp3) is 0.370. The Morgan fingerprint density at radius 3 is 2.60 bits per heavy atom. The van der Waals surface area contributed by atoms with Gasteiger partial charge in [0.25, 0.3) is 5.91 Å². The van der Waals surface area contributed by atoms with E-state index in [0.717, 1.165) is 5.56 Å². The number of aromatic amines is 1. The van der Waals surface area contributed by atoms with Gasteiger partial charge in [0.2, 0.25) is 23.3 Å². The molecule has 2 atom stereocenters. The monoisotopic (exact) mass is 546 g/mol. The van der Waals surface area contributed by atoms with Gasteiger partial charge in [-0.25, -0.2) is 0 Å². The van der Waals surface area contributed by atoms with Gasteiger partial charge < -0.3 is 25.4 Å². The smallest absolute Gasteiger partial charge is 0.270 e. The zero-order chi connectivity index (χ0) is 28.1. The maximum Gasteiger partial charge on any atom is 0.270 e. The molecule has 13 heteroatoms. The van der Waals surface area contributed by atoms with Crippen molar-refractivity contribution in [3.63, 3.8) is 0 Å². The summed E-state index contributed by atoms with van der Waals surface area (Å²) in [6.07, 6.45) is 2.63. The molecule has 0 radical (unpaired) electrons. The van der Waals surface area contributed by atoms with Crippen LogP contribution in [0.15, 0.2) is 59.5 Å². The average Bonchev–Trinajstić information content (AvgIpc) is 3.42. The van der Waals surface area contributed by atoms with Crippen molar-refractivity contribution in [1.29, 1.82) is 0 Å². The number of aryl methyl sites for hydroxylation is 1. The highest BCUT2D eigenvalue weighted by atomic mass is 16.2. The maximum atomic E-state index is 14.0. The minimum Gasteiger partial charge on any atom is -0.348 e. The number of amides is 4. The summed E-state index contributed by atoms with van der Waals surface area (Å²) in [5.41, 5.74) is 1.06. The number of carbonyl (C=O) groups is 4. The van der Waals surface area contributed by atoms with Crippen molar-refractivity contribution in [1.82, 2.24) is 40.4 Å². The Balaban J connectivity index is 1.44. The number of carbonyl (C=O) groups excluding carboxylic acids is 4. The third-order valence-electron chi connectivity index (χ3n) is 6.99. The maximum absolute atomic E-state index is 14.0. The highest BCUT2D eigenvalue weighted by Gasteiger charge is 2.40. The standard InChI is InChI=1S/C27H30N8O5/c36-23-9-4-8-20(29-23)26(39)33-12-13-35-22(17-33)25(38)28-15-19-16-34(32-31-19)11-5-10-24(37)30-21(27(35)40)14-18-6-2-1-3-7-18/h1-4,6-9,16,21-22H,5,10-15,17H2,(H,28,38)(H,29,36)(H,30,37)/t21-,22+/m0/s1. The number of hydrogen-bond donors (Lipinski definition) is 3. The molecule has 1 aromatic carbocycles. The number of pyridine rings is 1. The molecular formula is C27H30N8O5. The first-order valence-electron chi connectivity index (χ1n) is 13.2. The van der Waals surface area contributed by atoms with Gasteiger partial charge in [-0.1, -0.05) is 41.6 Å². The summed E-state index contributed by atoms with van der Waals surface area (Å²) in [6, 6.07) is 11.7. The molecule has 3 N–H and O–H groups in total. The topological polar surface area (TPSA) is 162 Å². The van der Waals surface area contributed by atoms with Crippen LogP contribution in [0.3, 0.4) is 0 Å². The molecule has 0 saturated carbocycles. The Morgan fingerprint density at radius 2 is 1.80 bits per heavy atom. The fourth-order valence-corrected chi connectivity index (χ4v) is 4.94. The largest absolute Gasteiger partial charge is 0.348 e. The second-order valence-corrected chi connectivity index (χ2v) is 9.83. The Kier molecular flexibility index (Phi) is 7.99. The molecule has 2 bridgehead atoms. The summed E-state index contributed by atoms with van der Waals surface area (Å²) < 4.78 is 1.61. The Labute approximate surface area is 229 Å². The third kappa shape index (κ3) is 6.25. The second kappa shape index (κ2) is 11.9. The van der Waals surface area contributed by atoms with Gasteiger partial charge in [-0.2, -0.15) is 0 Å². The minimum absolute atomic E-state index is 0.0665. The zero-order valence-corrected chi connectivity index (χ0v) is 21.8. The average molecular weight is 547 g/mol. The molecule has 5 rings (SSSR count). The van der Waals surface area contributed by atoms with Crippen molar-refractivity contribution < 1.29 is 19.2 Å². The van der Waals surface area contributed by atoms with Crippen LogP contribution in [0.25, 0.3) is 0 Å². The van der Waals surface area contributed by atoms with Crippen LogP contribution in [0, 0.1) is 0 Å². The zero-order valence-electron chi connectivity index (χ0n) is 21.8. The van der Waals surface area contributed by atoms with Gasteiger partial charge in [-0.15, -0.1) is 5.10 Å². The molecule has 3 aromatic rings. The molecule has 2 aliphatic rings. The lowest BCUT2D eigenvalue weighted by molar-refractivity contribution is -0.146. The van der Waals surface area contributed by atoms with Crippen molar-refractivity contribution in [2.45, 2.75) is 44.4 Å². The number of fused-ring (bicyclic) bond motifs is 3. The van der Waals surface area contributed by atoms with E-state index in [1.54, 1.807) is 10.9 Å². The molecule has 2 aromatic heterocycles. The summed E-state index contributed by atoms with van der Waals surface area (Å²) in [4.78, 5) is 70.7. The van der Waals surface area contributed by atoms with Crippen LogP contribution in [0.2, 0.25) is 0 Å². The molecule has 0 aliphatic carbocycles. The number of hydrogen-bond acceptors (Lipinski definition) is 7. The lowest BCUT2D eigenvalue weighted by atomic mass is 10.0. The van der Waals surface area contributed by atoms with E-state index in [9.17, 15) is 24.0 Å². The summed E-state index contributed by atoms with van der Waals surface area (Å²) in [7, 11) is 0. The van der Waals surface area contributed by atoms with E-state index in [4.69, 9.17) is 0 Å². The van der Waals surface area contributed by atoms with Gasteiger partial charge in [-0.3, -0.25) is 28.7 Å². The van der Waals surface area contributed by atoms with Crippen LogP contribution < -0.4 is 16.2 Å². The summed E-state index contributed by atoms with van der Waals surface area (Å²) in [5.74, 6) is -1.61. The van der Waals surface area contributed by atoms with Crippen LogP contribution in [0.4, 0.5) is 0 Å². The number of aromatic nitrogens is 4. The molecule has 13 nitrogen and oxygen atoms in total. The molecule has 4 amide bonds. The number of nitrogens with one attached hydrogen (secondary N) is 3. The first-order chi connectivity index (χ1) is 19.4. The van der Waals surface area contributed by atoms with E-state index in [0.29, 0.717) is 18.7 Å². The van der Waals surface area contributed by atoms with E-state index in [2.05, 4.69) is 25.9 Å². The molecule has 1 fully saturated rings. The lowest BCUT2D eigenvalue weighted by Crippen LogP contribution is -2.64. The number of H-pyrrole nitrogens is 1. The summed E-state index contributed by atoms with van der Waals surface area (Å²) in [6.45, 7) is 0.662. The Hall–Kier alpha value is -4.81. The quantitative estimate of drug-likeness (QED) is 0.397. The number of piperazine rings is 1. The van der Waals surface area contributed by atoms with E-state index in [1.807, 2.05) is 30.3 Å². The predicted octanol–water partition coefficient (Wildman–Crippen LogP) is -0.543. The number of nitrogens with zero attached hydrogens (tertiary/aromatic N) is 5. The summed E-state index contributed by atoms with van der Waals surface area (Å²) in [5, 5.41) is 13.8. The Morgan fingerprint density at radius 1 is 0.975 bits per heavy atom. The normalized spacial score (nSPS) is 20.6. The van der Waals surface area contributed by atoms with Crippen LogP contribution in [-0.4, -0.2) is 85.1 Å². The molecular weight excluding hydrogens is 516 g/mol. The van der Waals surface area contributed by atoms with Gasteiger partial charge in [-0.05, 0) is 18.1 Å². The van der Waals surface area contributed by atoms with E-state index >= 15 is 0 Å². The van der Waals surface area contributed by atoms with Crippen molar-refractivity contribution in [2.75, 3.05) is 19.6 Å². The van der Waals surface area contributed by atoms with E-state index in [1.165, 1.54) is 28.0 Å². The number of rotatable bonds is 3. The molecule has 1 saturated heterocycles.